The second-order valence-corrected chi connectivity index (χ2v) is 4.04. The van der Waals surface area contributed by atoms with Gasteiger partial charge < -0.3 is 15.9 Å². The van der Waals surface area contributed by atoms with Gasteiger partial charge in [-0.25, -0.2) is 0 Å². The molecule has 0 aromatic heterocycles. The molecule has 84 valence electrons. The maximum Gasteiger partial charge on any atom is 0.108 e. The summed E-state index contributed by atoms with van der Waals surface area (Å²) in [6.45, 7) is 0.292. The molecule has 0 aliphatic rings. The highest BCUT2D eigenvalue weighted by molar-refractivity contribution is 6.36. The molecule has 1 aromatic carbocycles. The van der Waals surface area contributed by atoms with Crippen molar-refractivity contribution in [3.05, 3.63) is 33.8 Å². The van der Waals surface area contributed by atoms with E-state index in [1.165, 1.54) is 0 Å². The zero-order valence-electron chi connectivity index (χ0n) is 8.03. The summed E-state index contributed by atoms with van der Waals surface area (Å²) in [7, 11) is 0. The fraction of sp³-hybridized carbons (Fsp3) is 0.400. The molecule has 0 saturated heterocycles. The third kappa shape index (κ3) is 3.06. The summed E-state index contributed by atoms with van der Waals surface area (Å²) >= 11 is 11.8. The number of halogens is 2. The van der Waals surface area contributed by atoms with Gasteiger partial charge in [0.05, 0.1) is 6.10 Å². The topological polar surface area (TPSA) is 66.5 Å². The van der Waals surface area contributed by atoms with Crippen LogP contribution in [-0.2, 0) is 0 Å². The summed E-state index contributed by atoms with van der Waals surface area (Å²) < 4.78 is 0. The van der Waals surface area contributed by atoms with Crippen molar-refractivity contribution in [1.29, 1.82) is 0 Å². The summed E-state index contributed by atoms with van der Waals surface area (Å²) in [6, 6.07) is 4.90. The fourth-order valence-corrected chi connectivity index (χ4v) is 1.94. The van der Waals surface area contributed by atoms with Crippen LogP contribution in [0.4, 0.5) is 0 Å². The van der Waals surface area contributed by atoms with Crippen LogP contribution in [0.5, 0.6) is 0 Å². The molecule has 15 heavy (non-hydrogen) atoms. The average Bonchev–Trinajstić information content (AvgIpc) is 2.17. The Hall–Kier alpha value is -0.320. The Labute approximate surface area is 98.4 Å². The van der Waals surface area contributed by atoms with Crippen LogP contribution in [0.1, 0.15) is 18.1 Å². The third-order valence-electron chi connectivity index (χ3n) is 2.12. The molecule has 4 N–H and O–H groups in total. The van der Waals surface area contributed by atoms with Gasteiger partial charge in [-0.3, -0.25) is 0 Å². The van der Waals surface area contributed by atoms with Crippen molar-refractivity contribution in [2.45, 2.75) is 18.6 Å². The zero-order chi connectivity index (χ0) is 11.4. The number of rotatable bonds is 4. The second-order valence-electron chi connectivity index (χ2n) is 3.22. The molecule has 1 rings (SSSR count). The van der Waals surface area contributed by atoms with E-state index in [1.54, 1.807) is 18.2 Å². The lowest BCUT2D eigenvalue weighted by atomic mass is 10.0. The first-order chi connectivity index (χ1) is 7.07. The standard InChI is InChI=1S/C10H13Cl2NO2/c11-6-2-1-3-7(12)9(6)10(15)8(14)4-5-13/h1-3,8,10,14-15H,4-5,13H2. The first-order valence-electron chi connectivity index (χ1n) is 4.58. The van der Waals surface area contributed by atoms with Crippen molar-refractivity contribution in [3.63, 3.8) is 0 Å². The van der Waals surface area contributed by atoms with Gasteiger partial charge in [0.2, 0.25) is 0 Å². The highest BCUT2D eigenvalue weighted by Crippen LogP contribution is 2.32. The van der Waals surface area contributed by atoms with Gasteiger partial charge in [-0.2, -0.15) is 0 Å². The lowest BCUT2D eigenvalue weighted by Crippen LogP contribution is -2.22. The smallest absolute Gasteiger partial charge is 0.108 e. The lowest BCUT2D eigenvalue weighted by molar-refractivity contribution is 0.0151. The number of hydrogen-bond donors (Lipinski definition) is 3. The van der Waals surface area contributed by atoms with Crippen molar-refractivity contribution in [2.24, 2.45) is 5.73 Å². The molecule has 0 amide bonds. The van der Waals surface area contributed by atoms with E-state index in [-0.39, 0.29) is 0 Å². The van der Waals surface area contributed by atoms with Gasteiger partial charge in [0.15, 0.2) is 0 Å². The molecule has 5 heteroatoms. The average molecular weight is 250 g/mol. The molecule has 0 aliphatic carbocycles. The summed E-state index contributed by atoms with van der Waals surface area (Å²) in [5.74, 6) is 0. The summed E-state index contributed by atoms with van der Waals surface area (Å²) in [4.78, 5) is 0. The second kappa shape index (κ2) is 5.68. The first kappa shape index (κ1) is 12.7. The predicted molar refractivity (Wildman–Crippen MR) is 61.1 cm³/mol. The van der Waals surface area contributed by atoms with Crippen LogP contribution in [0, 0.1) is 0 Å². The van der Waals surface area contributed by atoms with E-state index in [0.29, 0.717) is 28.6 Å². The van der Waals surface area contributed by atoms with Crippen LogP contribution in [0.25, 0.3) is 0 Å². The van der Waals surface area contributed by atoms with Crippen molar-refractivity contribution in [2.75, 3.05) is 6.54 Å². The molecule has 0 spiro atoms. The van der Waals surface area contributed by atoms with Crippen LogP contribution in [0.3, 0.4) is 0 Å². The number of benzene rings is 1. The minimum absolute atomic E-state index is 0.292. The quantitative estimate of drug-likeness (QED) is 0.762. The van der Waals surface area contributed by atoms with E-state index in [4.69, 9.17) is 28.9 Å². The predicted octanol–water partition coefficient (Wildman–Crippen LogP) is 1.74. The molecule has 0 bridgehead atoms. The summed E-state index contributed by atoms with van der Waals surface area (Å²) in [5, 5.41) is 20.1. The van der Waals surface area contributed by atoms with Gasteiger partial charge in [-0.15, -0.1) is 0 Å². The monoisotopic (exact) mass is 249 g/mol. The molecular formula is C10H13Cl2NO2. The lowest BCUT2D eigenvalue weighted by Gasteiger charge is -2.19. The number of aliphatic hydroxyl groups is 2. The highest BCUT2D eigenvalue weighted by atomic mass is 35.5. The first-order valence-corrected chi connectivity index (χ1v) is 5.33. The zero-order valence-corrected chi connectivity index (χ0v) is 9.54. The Morgan fingerprint density at radius 1 is 1.20 bits per heavy atom. The van der Waals surface area contributed by atoms with Crippen molar-refractivity contribution in [3.8, 4) is 0 Å². The van der Waals surface area contributed by atoms with Crippen LogP contribution >= 0.6 is 23.2 Å². The van der Waals surface area contributed by atoms with Gasteiger partial charge in [0.25, 0.3) is 0 Å². The minimum atomic E-state index is -1.10. The number of aliphatic hydroxyl groups excluding tert-OH is 2. The Balaban J connectivity index is 2.94. The van der Waals surface area contributed by atoms with Crippen LogP contribution in [0.2, 0.25) is 10.0 Å². The van der Waals surface area contributed by atoms with E-state index in [0.717, 1.165) is 0 Å². The Morgan fingerprint density at radius 3 is 2.20 bits per heavy atom. The maximum atomic E-state index is 9.81. The van der Waals surface area contributed by atoms with Crippen molar-refractivity contribution >= 4 is 23.2 Å². The molecule has 1 aromatic rings. The molecule has 0 radical (unpaired) electrons. The minimum Gasteiger partial charge on any atom is -0.390 e. The molecular weight excluding hydrogens is 237 g/mol. The van der Waals surface area contributed by atoms with Gasteiger partial charge in [0, 0.05) is 15.6 Å². The number of nitrogens with two attached hydrogens (primary N) is 1. The van der Waals surface area contributed by atoms with Crippen molar-refractivity contribution < 1.29 is 10.2 Å². The molecule has 0 heterocycles. The number of hydrogen-bond acceptors (Lipinski definition) is 3. The van der Waals surface area contributed by atoms with Crippen LogP contribution in [-0.4, -0.2) is 22.9 Å². The van der Waals surface area contributed by atoms with Crippen molar-refractivity contribution in [1.82, 2.24) is 0 Å². The Kier molecular flexibility index (Phi) is 4.83. The largest absolute Gasteiger partial charge is 0.390 e. The van der Waals surface area contributed by atoms with E-state index in [9.17, 15) is 10.2 Å². The van der Waals surface area contributed by atoms with Gasteiger partial charge >= 0.3 is 0 Å². The van der Waals surface area contributed by atoms with Crippen LogP contribution < -0.4 is 5.73 Å². The molecule has 2 unspecified atom stereocenters. The van der Waals surface area contributed by atoms with Gasteiger partial charge in [-0.05, 0) is 25.1 Å². The van der Waals surface area contributed by atoms with E-state index < -0.39 is 12.2 Å². The van der Waals surface area contributed by atoms with E-state index in [1.807, 2.05) is 0 Å². The van der Waals surface area contributed by atoms with E-state index in [2.05, 4.69) is 0 Å². The summed E-state index contributed by atoms with van der Waals surface area (Å²) in [6.07, 6.45) is -1.76. The molecule has 0 fully saturated rings. The summed E-state index contributed by atoms with van der Waals surface area (Å²) in [5.41, 5.74) is 5.63. The Morgan fingerprint density at radius 2 is 1.73 bits per heavy atom. The highest BCUT2D eigenvalue weighted by Gasteiger charge is 2.22. The van der Waals surface area contributed by atoms with Gasteiger partial charge in [-0.1, -0.05) is 29.3 Å². The third-order valence-corrected chi connectivity index (χ3v) is 2.78. The van der Waals surface area contributed by atoms with Gasteiger partial charge in [0.1, 0.15) is 6.10 Å². The molecule has 3 nitrogen and oxygen atoms in total. The fourth-order valence-electron chi connectivity index (χ4n) is 1.31. The molecule has 0 aliphatic heterocycles. The molecule has 2 atom stereocenters. The molecule has 0 saturated carbocycles. The van der Waals surface area contributed by atoms with E-state index >= 15 is 0 Å². The Bertz CT molecular complexity index is 313. The van der Waals surface area contributed by atoms with Crippen LogP contribution in [0.15, 0.2) is 18.2 Å². The normalized spacial score (nSPS) is 15.0. The SMILES string of the molecule is NCCC(O)C(O)c1c(Cl)cccc1Cl. The maximum absolute atomic E-state index is 9.81.